The van der Waals surface area contributed by atoms with Crippen LogP contribution in [0.25, 0.3) is 11.3 Å². The van der Waals surface area contributed by atoms with Crippen molar-refractivity contribution in [1.29, 1.82) is 0 Å². The summed E-state index contributed by atoms with van der Waals surface area (Å²) in [5, 5.41) is 18.3. The molecule has 10 heteroatoms. The second-order valence-electron chi connectivity index (χ2n) is 6.44. The second kappa shape index (κ2) is 10.6. The number of nitrogens with zero attached hydrogens (tertiary/aromatic N) is 3. The van der Waals surface area contributed by atoms with E-state index in [0.29, 0.717) is 16.6 Å². The molecule has 0 atom stereocenters. The van der Waals surface area contributed by atoms with E-state index in [2.05, 4.69) is 20.7 Å². The number of thiocarbonyl (C=S) groups is 1. The Morgan fingerprint density at radius 2 is 2.00 bits per heavy atom. The number of benzene rings is 1. The van der Waals surface area contributed by atoms with E-state index in [1.165, 1.54) is 18.3 Å². The molecule has 9 nitrogen and oxygen atoms in total. The van der Waals surface area contributed by atoms with Crippen LogP contribution in [0.1, 0.15) is 12.2 Å². The normalized spacial score (nSPS) is 14.8. The molecular formula is C19H23N5O4S. The van der Waals surface area contributed by atoms with Crippen LogP contribution in [0.3, 0.4) is 0 Å². The smallest absolute Gasteiger partial charge is 0.269 e. The van der Waals surface area contributed by atoms with Crippen molar-refractivity contribution in [2.24, 2.45) is 5.10 Å². The average molecular weight is 417 g/mol. The molecule has 29 heavy (non-hydrogen) atoms. The number of ether oxygens (including phenoxy) is 1. The minimum atomic E-state index is -0.435. The highest BCUT2D eigenvalue weighted by atomic mass is 32.1. The number of non-ortho nitro benzene ring substituents is 1. The van der Waals surface area contributed by atoms with E-state index in [9.17, 15) is 10.1 Å². The summed E-state index contributed by atoms with van der Waals surface area (Å²) in [5.74, 6) is 1.14. The SMILES string of the molecule is O=[N+]([O-])c1ccc(-c2ccc(/C=N/NC(=S)NCCCN3CCOCC3)o2)cc1. The Hall–Kier alpha value is -2.82. The second-order valence-corrected chi connectivity index (χ2v) is 6.85. The van der Waals surface area contributed by atoms with Crippen molar-refractivity contribution in [3.63, 3.8) is 0 Å². The molecule has 0 amide bonds. The Labute approximate surface area is 173 Å². The summed E-state index contributed by atoms with van der Waals surface area (Å²) < 4.78 is 11.0. The van der Waals surface area contributed by atoms with Crippen LogP contribution in [0, 0.1) is 10.1 Å². The number of hydrogen-bond donors (Lipinski definition) is 2. The van der Waals surface area contributed by atoms with Gasteiger partial charge in [0.15, 0.2) is 5.11 Å². The molecule has 0 bridgehead atoms. The summed E-state index contributed by atoms with van der Waals surface area (Å²) in [6.45, 7) is 5.36. The molecule has 3 rings (SSSR count). The van der Waals surface area contributed by atoms with Crippen molar-refractivity contribution >= 4 is 29.2 Å². The van der Waals surface area contributed by atoms with Gasteiger partial charge in [-0.2, -0.15) is 5.10 Å². The van der Waals surface area contributed by atoms with Crippen LogP contribution in [-0.2, 0) is 4.74 Å². The molecule has 2 N–H and O–H groups in total. The highest BCUT2D eigenvalue weighted by molar-refractivity contribution is 7.80. The molecule has 0 radical (unpaired) electrons. The Morgan fingerprint density at radius 1 is 1.24 bits per heavy atom. The maximum atomic E-state index is 10.7. The molecule has 1 fully saturated rings. The molecule has 0 spiro atoms. The molecular weight excluding hydrogens is 394 g/mol. The van der Waals surface area contributed by atoms with Crippen molar-refractivity contribution < 1.29 is 14.1 Å². The molecule has 2 aromatic rings. The number of furan rings is 1. The van der Waals surface area contributed by atoms with Gasteiger partial charge in [0.25, 0.3) is 5.69 Å². The lowest BCUT2D eigenvalue weighted by molar-refractivity contribution is -0.384. The predicted octanol–water partition coefficient (Wildman–Crippen LogP) is 2.38. The van der Waals surface area contributed by atoms with Crippen molar-refractivity contribution in [2.75, 3.05) is 39.4 Å². The predicted molar refractivity (Wildman–Crippen MR) is 114 cm³/mol. The first-order chi connectivity index (χ1) is 14.1. The minimum Gasteiger partial charge on any atom is -0.455 e. The number of nitro benzene ring substituents is 1. The van der Waals surface area contributed by atoms with E-state index >= 15 is 0 Å². The van der Waals surface area contributed by atoms with Gasteiger partial charge in [-0.1, -0.05) is 0 Å². The lowest BCUT2D eigenvalue weighted by atomic mass is 10.1. The molecule has 1 aromatic carbocycles. The molecule has 0 aliphatic carbocycles. The number of hydrogen-bond acceptors (Lipinski definition) is 7. The molecule has 1 aliphatic heterocycles. The number of hydrazone groups is 1. The van der Waals surface area contributed by atoms with Crippen molar-refractivity contribution in [1.82, 2.24) is 15.6 Å². The first-order valence-corrected chi connectivity index (χ1v) is 9.74. The summed E-state index contributed by atoms with van der Waals surface area (Å²) in [5.41, 5.74) is 3.55. The molecule has 0 saturated carbocycles. The standard InChI is InChI=1S/C19H23N5O4S/c25-24(26)16-4-2-15(3-5-16)18-7-6-17(28-18)14-21-22-19(29)20-8-1-9-23-10-12-27-13-11-23/h2-7,14H,1,8-13H2,(H2,20,22,29)/b21-14+. The summed E-state index contributed by atoms with van der Waals surface area (Å²) in [6, 6.07) is 9.72. The maximum Gasteiger partial charge on any atom is 0.269 e. The van der Waals surface area contributed by atoms with E-state index in [4.69, 9.17) is 21.4 Å². The molecule has 0 unspecified atom stereocenters. The monoisotopic (exact) mass is 417 g/mol. The highest BCUT2D eigenvalue weighted by Crippen LogP contribution is 2.23. The lowest BCUT2D eigenvalue weighted by Crippen LogP contribution is -2.39. The van der Waals surface area contributed by atoms with Gasteiger partial charge in [0.2, 0.25) is 0 Å². The van der Waals surface area contributed by atoms with Gasteiger partial charge in [-0.05, 0) is 49.4 Å². The van der Waals surface area contributed by atoms with Crippen molar-refractivity contribution in [2.45, 2.75) is 6.42 Å². The average Bonchev–Trinajstić information content (AvgIpc) is 3.21. The van der Waals surface area contributed by atoms with Gasteiger partial charge >= 0.3 is 0 Å². The first-order valence-electron chi connectivity index (χ1n) is 9.33. The minimum absolute atomic E-state index is 0.0391. The van der Waals surface area contributed by atoms with Crippen LogP contribution in [0.2, 0.25) is 0 Å². The van der Waals surface area contributed by atoms with Crippen molar-refractivity contribution in [3.05, 3.63) is 52.3 Å². The topological polar surface area (TPSA) is 105 Å². The van der Waals surface area contributed by atoms with Gasteiger partial charge in [0.05, 0.1) is 24.4 Å². The zero-order valence-electron chi connectivity index (χ0n) is 15.9. The van der Waals surface area contributed by atoms with Gasteiger partial charge in [-0.3, -0.25) is 20.4 Å². The van der Waals surface area contributed by atoms with Crippen LogP contribution in [0.5, 0.6) is 0 Å². The quantitative estimate of drug-likeness (QED) is 0.222. The zero-order chi connectivity index (χ0) is 20.5. The number of nitro groups is 1. The van der Waals surface area contributed by atoms with E-state index in [1.807, 2.05) is 0 Å². The summed E-state index contributed by atoms with van der Waals surface area (Å²) in [7, 11) is 0. The maximum absolute atomic E-state index is 10.7. The summed E-state index contributed by atoms with van der Waals surface area (Å²) in [4.78, 5) is 12.7. The summed E-state index contributed by atoms with van der Waals surface area (Å²) in [6.07, 6.45) is 2.51. The molecule has 1 aliphatic rings. The van der Waals surface area contributed by atoms with Crippen LogP contribution in [-0.4, -0.2) is 60.5 Å². The van der Waals surface area contributed by atoms with Gasteiger partial charge in [0, 0.05) is 37.3 Å². The first kappa shape index (κ1) is 20.9. The molecule has 1 aromatic heterocycles. The van der Waals surface area contributed by atoms with Gasteiger partial charge in [0.1, 0.15) is 11.5 Å². The molecule has 154 valence electrons. The van der Waals surface area contributed by atoms with Crippen LogP contribution in [0.15, 0.2) is 45.9 Å². The molecule has 2 heterocycles. The zero-order valence-corrected chi connectivity index (χ0v) is 16.7. The van der Waals surface area contributed by atoms with Gasteiger partial charge < -0.3 is 14.5 Å². The highest BCUT2D eigenvalue weighted by Gasteiger charge is 2.09. The number of nitrogens with one attached hydrogen (secondary N) is 2. The fourth-order valence-electron chi connectivity index (χ4n) is 2.85. The third-order valence-electron chi connectivity index (χ3n) is 4.39. The van der Waals surface area contributed by atoms with E-state index in [-0.39, 0.29) is 5.69 Å². The Balaban J connectivity index is 1.38. The number of rotatable bonds is 8. The molecule has 1 saturated heterocycles. The lowest BCUT2D eigenvalue weighted by Gasteiger charge is -2.26. The van der Waals surface area contributed by atoms with E-state index in [0.717, 1.165) is 51.4 Å². The van der Waals surface area contributed by atoms with Crippen LogP contribution < -0.4 is 10.7 Å². The van der Waals surface area contributed by atoms with Gasteiger partial charge in [-0.15, -0.1) is 0 Å². The fourth-order valence-corrected chi connectivity index (χ4v) is 3.00. The third-order valence-corrected chi connectivity index (χ3v) is 4.62. The van der Waals surface area contributed by atoms with Crippen molar-refractivity contribution in [3.8, 4) is 11.3 Å². The van der Waals surface area contributed by atoms with Gasteiger partial charge in [-0.25, -0.2) is 0 Å². The third kappa shape index (κ3) is 6.63. The largest absolute Gasteiger partial charge is 0.455 e. The number of morpholine rings is 1. The Bertz CT molecular complexity index is 847. The fraction of sp³-hybridized carbons (Fsp3) is 0.368. The summed E-state index contributed by atoms with van der Waals surface area (Å²) >= 11 is 5.20. The van der Waals surface area contributed by atoms with E-state index < -0.39 is 4.92 Å². The van der Waals surface area contributed by atoms with Crippen LogP contribution >= 0.6 is 12.2 Å². The Morgan fingerprint density at radius 3 is 2.72 bits per heavy atom. The van der Waals surface area contributed by atoms with E-state index in [1.54, 1.807) is 24.3 Å². The Kier molecular flexibility index (Phi) is 7.68. The van der Waals surface area contributed by atoms with Crippen LogP contribution in [0.4, 0.5) is 5.69 Å².